The lowest BCUT2D eigenvalue weighted by Gasteiger charge is -2.18. The highest BCUT2D eigenvalue weighted by Crippen LogP contribution is 2.33. The molecule has 0 saturated heterocycles. The SMILES string of the molecule is CCN(CC)S(=O)(=O)c1ccc(S(=O)(=O)NNc2c(Cl)cc(Cl)cc2Cl)cc1. The molecule has 0 radical (unpaired) electrons. The number of hydrogen-bond acceptors (Lipinski definition) is 5. The minimum Gasteiger partial charge on any atom is -0.305 e. The van der Waals surface area contributed by atoms with E-state index in [1.54, 1.807) is 13.8 Å². The second kappa shape index (κ2) is 9.17. The van der Waals surface area contributed by atoms with Crippen molar-refractivity contribution in [1.82, 2.24) is 9.14 Å². The van der Waals surface area contributed by atoms with Crippen LogP contribution in [0.2, 0.25) is 15.1 Å². The molecule has 0 saturated carbocycles. The molecule has 0 amide bonds. The van der Waals surface area contributed by atoms with Gasteiger partial charge < -0.3 is 5.43 Å². The number of sulfonamides is 2. The zero-order valence-electron chi connectivity index (χ0n) is 14.9. The zero-order chi connectivity index (χ0) is 21.1. The summed E-state index contributed by atoms with van der Waals surface area (Å²) in [6.07, 6.45) is 0. The second-order valence-electron chi connectivity index (χ2n) is 5.54. The topological polar surface area (TPSA) is 95.6 Å². The molecule has 0 unspecified atom stereocenters. The average molecular weight is 487 g/mol. The van der Waals surface area contributed by atoms with Crippen LogP contribution in [0.4, 0.5) is 5.69 Å². The van der Waals surface area contributed by atoms with Gasteiger partial charge in [-0.3, -0.25) is 0 Å². The van der Waals surface area contributed by atoms with Crippen molar-refractivity contribution >= 4 is 60.5 Å². The molecule has 12 heteroatoms. The number of nitrogens with zero attached hydrogens (tertiary/aromatic N) is 1. The Morgan fingerprint density at radius 3 is 1.79 bits per heavy atom. The molecule has 0 fully saturated rings. The summed E-state index contributed by atoms with van der Waals surface area (Å²) in [7, 11) is -7.69. The van der Waals surface area contributed by atoms with Crippen molar-refractivity contribution in [3.8, 4) is 0 Å². The molecule has 154 valence electrons. The van der Waals surface area contributed by atoms with Gasteiger partial charge in [0.25, 0.3) is 10.0 Å². The van der Waals surface area contributed by atoms with Gasteiger partial charge in [0.05, 0.1) is 25.5 Å². The van der Waals surface area contributed by atoms with Gasteiger partial charge in [0.2, 0.25) is 10.0 Å². The van der Waals surface area contributed by atoms with Crippen LogP contribution in [-0.4, -0.2) is 34.2 Å². The monoisotopic (exact) mass is 485 g/mol. The number of hydrogen-bond donors (Lipinski definition) is 2. The third-order valence-electron chi connectivity index (χ3n) is 3.79. The summed E-state index contributed by atoms with van der Waals surface area (Å²) in [6, 6.07) is 7.68. The predicted octanol–water partition coefficient (Wildman–Crippen LogP) is 3.98. The maximum absolute atomic E-state index is 12.5. The van der Waals surface area contributed by atoms with Gasteiger partial charge in [0, 0.05) is 18.1 Å². The van der Waals surface area contributed by atoms with E-state index in [0.717, 1.165) is 0 Å². The Hall–Kier alpha value is -1.07. The summed E-state index contributed by atoms with van der Waals surface area (Å²) in [4.78, 5) is 2.01. The molecular formula is C16H18Cl3N3O4S2. The van der Waals surface area contributed by atoms with E-state index < -0.39 is 20.0 Å². The normalized spacial score (nSPS) is 12.4. The van der Waals surface area contributed by atoms with Crippen LogP contribution in [0.25, 0.3) is 0 Å². The minimum atomic E-state index is -4.02. The molecule has 0 aliphatic rings. The molecule has 0 aliphatic carbocycles. The minimum absolute atomic E-state index is 0.00639. The number of anilines is 1. The molecule has 0 aromatic heterocycles. The van der Waals surface area contributed by atoms with Gasteiger partial charge in [0.15, 0.2) is 0 Å². The Morgan fingerprint density at radius 2 is 1.32 bits per heavy atom. The molecule has 7 nitrogen and oxygen atoms in total. The smallest absolute Gasteiger partial charge is 0.257 e. The molecule has 0 aliphatic heterocycles. The van der Waals surface area contributed by atoms with Gasteiger partial charge in [-0.2, -0.15) is 4.31 Å². The van der Waals surface area contributed by atoms with Gasteiger partial charge in [-0.1, -0.05) is 48.7 Å². The number of nitrogens with one attached hydrogen (secondary N) is 2. The Morgan fingerprint density at radius 1 is 0.857 bits per heavy atom. The number of rotatable bonds is 8. The van der Waals surface area contributed by atoms with E-state index in [1.165, 1.54) is 40.7 Å². The highest BCUT2D eigenvalue weighted by Gasteiger charge is 2.23. The molecule has 28 heavy (non-hydrogen) atoms. The summed E-state index contributed by atoms with van der Waals surface area (Å²) in [5, 5.41) is 0.551. The molecule has 2 aromatic rings. The largest absolute Gasteiger partial charge is 0.305 e. The lowest BCUT2D eigenvalue weighted by molar-refractivity contribution is 0.445. The van der Waals surface area contributed by atoms with Gasteiger partial charge in [0.1, 0.15) is 0 Å². The first-order chi connectivity index (χ1) is 13.0. The number of benzene rings is 2. The van der Waals surface area contributed by atoms with E-state index in [2.05, 4.69) is 10.3 Å². The third kappa shape index (κ3) is 5.10. The summed E-state index contributed by atoms with van der Waals surface area (Å²) in [5.41, 5.74) is 2.58. The van der Waals surface area contributed by atoms with Crippen LogP contribution >= 0.6 is 34.8 Å². The summed E-state index contributed by atoms with van der Waals surface area (Å²) < 4.78 is 51.1. The van der Waals surface area contributed by atoms with E-state index in [4.69, 9.17) is 34.8 Å². The maximum Gasteiger partial charge on any atom is 0.257 e. The second-order valence-corrected chi connectivity index (χ2v) is 10.4. The van der Waals surface area contributed by atoms with Crippen molar-refractivity contribution in [3.63, 3.8) is 0 Å². The van der Waals surface area contributed by atoms with E-state index in [1.807, 2.05) is 0 Å². The lowest BCUT2D eigenvalue weighted by atomic mass is 10.3. The molecular weight excluding hydrogens is 469 g/mol. The standard InChI is InChI=1S/C16H18Cl3N3O4S2/c1-3-22(4-2)28(25,26)13-7-5-12(6-8-13)27(23,24)21-20-16-14(18)9-11(17)10-15(16)19/h5-10,20-21H,3-4H2,1-2H3. The van der Waals surface area contributed by atoms with E-state index in [-0.39, 0.29) is 25.5 Å². The van der Waals surface area contributed by atoms with Crippen LogP contribution in [0.3, 0.4) is 0 Å². The Bertz CT molecular complexity index is 1030. The first kappa shape index (κ1) is 23.2. The zero-order valence-corrected chi connectivity index (χ0v) is 18.8. The Labute approximate surface area is 179 Å². The van der Waals surface area contributed by atoms with Gasteiger partial charge in [-0.25, -0.2) is 16.8 Å². The average Bonchev–Trinajstić information content (AvgIpc) is 2.61. The van der Waals surface area contributed by atoms with Crippen LogP contribution < -0.4 is 10.3 Å². The fourth-order valence-corrected chi connectivity index (χ4v) is 5.56. The van der Waals surface area contributed by atoms with Crippen LogP contribution in [0.15, 0.2) is 46.2 Å². The highest BCUT2D eigenvalue weighted by atomic mass is 35.5. The summed E-state index contributed by atoms with van der Waals surface area (Å²) in [6.45, 7) is 4.07. The molecule has 0 heterocycles. The van der Waals surface area contributed by atoms with Crippen LogP contribution in [0, 0.1) is 0 Å². The Kier molecular flexibility index (Phi) is 7.60. The summed E-state index contributed by atoms with van der Waals surface area (Å²) >= 11 is 17.8. The molecule has 0 atom stereocenters. The van der Waals surface area contributed by atoms with Crippen molar-refractivity contribution < 1.29 is 16.8 Å². The molecule has 2 rings (SSSR count). The van der Waals surface area contributed by atoms with Crippen molar-refractivity contribution in [3.05, 3.63) is 51.5 Å². The highest BCUT2D eigenvalue weighted by molar-refractivity contribution is 7.89. The fourth-order valence-electron chi connectivity index (χ4n) is 2.34. The van der Waals surface area contributed by atoms with Gasteiger partial charge >= 0.3 is 0 Å². The maximum atomic E-state index is 12.5. The lowest BCUT2D eigenvalue weighted by Crippen LogP contribution is -2.31. The van der Waals surface area contributed by atoms with Gasteiger partial charge in [-0.05, 0) is 36.4 Å². The number of halogens is 3. The first-order valence-electron chi connectivity index (χ1n) is 8.05. The fraction of sp³-hybridized carbons (Fsp3) is 0.250. The van der Waals surface area contributed by atoms with Crippen molar-refractivity contribution in [1.29, 1.82) is 0 Å². The quantitative estimate of drug-likeness (QED) is 0.550. The predicted molar refractivity (Wildman–Crippen MR) is 112 cm³/mol. The van der Waals surface area contributed by atoms with E-state index >= 15 is 0 Å². The van der Waals surface area contributed by atoms with E-state index in [9.17, 15) is 16.8 Å². The first-order valence-corrected chi connectivity index (χ1v) is 12.1. The molecule has 0 bridgehead atoms. The summed E-state index contributed by atoms with van der Waals surface area (Å²) in [5.74, 6) is 0. The van der Waals surface area contributed by atoms with Crippen molar-refractivity contribution in [2.24, 2.45) is 0 Å². The van der Waals surface area contributed by atoms with Crippen molar-refractivity contribution in [2.75, 3.05) is 18.5 Å². The van der Waals surface area contributed by atoms with Gasteiger partial charge in [-0.15, -0.1) is 4.83 Å². The third-order valence-corrected chi connectivity index (χ3v) is 7.94. The molecule has 2 aromatic carbocycles. The van der Waals surface area contributed by atoms with Crippen LogP contribution in [0.1, 0.15) is 13.8 Å². The van der Waals surface area contributed by atoms with Crippen LogP contribution in [-0.2, 0) is 20.0 Å². The Balaban J connectivity index is 2.23. The van der Waals surface area contributed by atoms with Crippen LogP contribution in [0.5, 0.6) is 0 Å². The van der Waals surface area contributed by atoms with Crippen molar-refractivity contribution in [2.45, 2.75) is 23.6 Å². The van der Waals surface area contributed by atoms with E-state index in [0.29, 0.717) is 18.1 Å². The number of hydrazine groups is 1. The molecule has 0 spiro atoms. The molecule has 2 N–H and O–H groups in total.